The fourth-order valence-electron chi connectivity index (χ4n) is 3.42. The molecule has 1 aromatic carbocycles. The molecule has 0 bridgehead atoms. The topological polar surface area (TPSA) is 58.6 Å². The zero-order valence-electron chi connectivity index (χ0n) is 15.3. The van der Waals surface area contributed by atoms with E-state index in [2.05, 4.69) is 21.8 Å². The Balaban J connectivity index is 1.44. The van der Waals surface area contributed by atoms with E-state index in [9.17, 15) is 4.79 Å². The summed E-state index contributed by atoms with van der Waals surface area (Å²) in [5.41, 5.74) is 1.14. The van der Waals surface area contributed by atoms with E-state index in [-0.39, 0.29) is 12.0 Å². The van der Waals surface area contributed by atoms with Gasteiger partial charge >= 0.3 is 0 Å². The number of amides is 1. The summed E-state index contributed by atoms with van der Waals surface area (Å²) in [5, 5.41) is 0. The van der Waals surface area contributed by atoms with Crippen molar-refractivity contribution in [1.29, 1.82) is 0 Å². The number of rotatable bonds is 4. The van der Waals surface area contributed by atoms with E-state index >= 15 is 0 Å². The van der Waals surface area contributed by atoms with Crippen LogP contribution in [0.5, 0.6) is 11.6 Å². The molecule has 2 heterocycles. The molecule has 1 aliphatic heterocycles. The third kappa shape index (κ3) is 3.64. The summed E-state index contributed by atoms with van der Waals surface area (Å²) in [5.74, 6) is 2.74. The molecule has 6 heteroatoms. The molecule has 0 unspecified atom stereocenters. The van der Waals surface area contributed by atoms with Crippen LogP contribution in [-0.2, 0) is 4.79 Å². The highest BCUT2D eigenvalue weighted by molar-refractivity contribution is 5.81. The van der Waals surface area contributed by atoms with E-state index in [4.69, 9.17) is 4.74 Å². The molecule has 136 valence electrons. The number of hydrogen-bond acceptors (Lipinski definition) is 5. The molecule has 6 nitrogen and oxygen atoms in total. The number of benzene rings is 1. The quantitative estimate of drug-likeness (QED) is 0.846. The third-order valence-corrected chi connectivity index (χ3v) is 5.00. The molecule has 1 atom stereocenters. The molecule has 2 fully saturated rings. The van der Waals surface area contributed by atoms with Gasteiger partial charge in [-0.15, -0.1) is 0 Å². The maximum Gasteiger partial charge on any atom is 0.226 e. The van der Waals surface area contributed by atoms with Crippen LogP contribution in [0.15, 0.2) is 36.7 Å². The minimum Gasteiger partial charge on any atom is -0.439 e. The van der Waals surface area contributed by atoms with Crippen LogP contribution >= 0.6 is 0 Å². The lowest BCUT2D eigenvalue weighted by Gasteiger charge is -2.40. The fraction of sp³-hybridized carbons (Fsp3) is 0.450. The van der Waals surface area contributed by atoms with Crippen LogP contribution in [0.25, 0.3) is 0 Å². The Hall–Kier alpha value is -2.63. The summed E-state index contributed by atoms with van der Waals surface area (Å²) in [6.45, 7) is 6.44. The second-order valence-corrected chi connectivity index (χ2v) is 7.23. The SMILES string of the molecule is Cc1cccc(Oc2cc(N3CCN(C(=O)C4CC4)[C@@H](C)C3)ncn2)c1. The Morgan fingerprint density at radius 2 is 2.04 bits per heavy atom. The number of carbonyl (C=O) groups is 1. The minimum absolute atomic E-state index is 0.188. The molecule has 0 radical (unpaired) electrons. The highest BCUT2D eigenvalue weighted by Crippen LogP contribution is 2.32. The van der Waals surface area contributed by atoms with Crippen molar-refractivity contribution < 1.29 is 9.53 Å². The van der Waals surface area contributed by atoms with Crippen LogP contribution in [0.4, 0.5) is 5.82 Å². The lowest BCUT2D eigenvalue weighted by molar-refractivity contribution is -0.134. The number of hydrogen-bond donors (Lipinski definition) is 0. The third-order valence-electron chi connectivity index (χ3n) is 5.00. The van der Waals surface area contributed by atoms with Crippen molar-refractivity contribution in [3.05, 3.63) is 42.2 Å². The summed E-state index contributed by atoms with van der Waals surface area (Å²) in [6.07, 6.45) is 3.64. The van der Waals surface area contributed by atoms with Gasteiger partial charge in [0.05, 0.1) is 0 Å². The van der Waals surface area contributed by atoms with Crippen LogP contribution < -0.4 is 9.64 Å². The van der Waals surface area contributed by atoms with Crippen molar-refractivity contribution in [3.8, 4) is 11.6 Å². The largest absolute Gasteiger partial charge is 0.439 e. The van der Waals surface area contributed by atoms with Gasteiger partial charge < -0.3 is 14.5 Å². The number of aromatic nitrogens is 2. The molecule has 1 aliphatic carbocycles. The second-order valence-electron chi connectivity index (χ2n) is 7.23. The van der Waals surface area contributed by atoms with Gasteiger partial charge in [-0.3, -0.25) is 4.79 Å². The molecule has 4 rings (SSSR count). The van der Waals surface area contributed by atoms with Crippen molar-refractivity contribution in [2.45, 2.75) is 32.7 Å². The Kier molecular flexibility index (Phi) is 4.49. The summed E-state index contributed by atoms with van der Waals surface area (Å²) < 4.78 is 5.87. The zero-order chi connectivity index (χ0) is 18.1. The molecular formula is C20H24N4O2. The van der Waals surface area contributed by atoms with E-state index in [1.54, 1.807) is 0 Å². The molecule has 26 heavy (non-hydrogen) atoms. The molecule has 0 N–H and O–H groups in total. The average Bonchev–Trinajstić information content (AvgIpc) is 3.46. The second kappa shape index (κ2) is 6.94. The lowest BCUT2D eigenvalue weighted by Crippen LogP contribution is -2.54. The Bertz CT molecular complexity index is 806. The van der Waals surface area contributed by atoms with Crippen molar-refractivity contribution in [2.24, 2.45) is 5.92 Å². The van der Waals surface area contributed by atoms with E-state index in [0.717, 1.165) is 49.6 Å². The Labute approximate surface area is 153 Å². The molecule has 1 saturated heterocycles. The first-order chi connectivity index (χ1) is 12.6. The first-order valence-corrected chi connectivity index (χ1v) is 9.22. The van der Waals surface area contributed by atoms with Crippen molar-refractivity contribution in [3.63, 3.8) is 0 Å². The van der Waals surface area contributed by atoms with Gasteiger partial charge in [-0.1, -0.05) is 12.1 Å². The fourth-order valence-corrected chi connectivity index (χ4v) is 3.42. The first kappa shape index (κ1) is 16.8. The minimum atomic E-state index is 0.188. The van der Waals surface area contributed by atoms with Crippen LogP contribution in [0.1, 0.15) is 25.3 Å². The smallest absolute Gasteiger partial charge is 0.226 e. The first-order valence-electron chi connectivity index (χ1n) is 9.22. The predicted molar refractivity (Wildman–Crippen MR) is 99.4 cm³/mol. The summed E-state index contributed by atoms with van der Waals surface area (Å²) in [4.78, 5) is 25.2. The molecule has 1 aromatic heterocycles. The number of ether oxygens (including phenoxy) is 1. The normalized spacial score (nSPS) is 20.2. The number of aryl methyl sites for hydroxylation is 1. The van der Waals surface area contributed by atoms with Gasteiger partial charge in [0.15, 0.2) is 0 Å². The lowest BCUT2D eigenvalue weighted by atomic mass is 10.1. The van der Waals surface area contributed by atoms with E-state index < -0.39 is 0 Å². The molecule has 1 amide bonds. The maximum atomic E-state index is 12.4. The van der Waals surface area contributed by atoms with Crippen LogP contribution in [0.2, 0.25) is 0 Å². The van der Waals surface area contributed by atoms with E-state index in [1.807, 2.05) is 42.2 Å². The number of anilines is 1. The van der Waals surface area contributed by atoms with Crippen LogP contribution in [0.3, 0.4) is 0 Å². The van der Waals surface area contributed by atoms with Crippen LogP contribution in [0, 0.1) is 12.8 Å². The monoisotopic (exact) mass is 352 g/mol. The van der Waals surface area contributed by atoms with Crippen molar-refractivity contribution in [1.82, 2.24) is 14.9 Å². The maximum absolute atomic E-state index is 12.4. The van der Waals surface area contributed by atoms with Gasteiger partial charge in [0, 0.05) is 37.7 Å². The molecule has 2 aliphatic rings. The molecule has 1 saturated carbocycles. The summed E-state index contributed by atoms with van der Waals surface area (Å²) >= 11 is 0. The summed E-state index contributed by atoms with van der Waals surface area (Å²) in [7, 11) is 0. The predicted octanol–water partition coefficient (Wildman–Crippen LogP) is 3.02. The average molecular weight is 352 g/mol. The van der Waals surface area contributed by atoms with Gasteiger partial charge in [-0.05, 0) is 44.4 Å². The van der Waals surface area contributed by atoms with Gasteiger partial charge in [0.25, 0.3) is 0 Å². The highest BCUT2D eigenvalue weighted by atomic mass is 16.5. The van der Waals surface area contributed by atoms with Crippen LogP contribution in [-0.4, -0.2) is 46.5 Å². The van der Waals surface area contributed by atoms with E-state index in [0.29, 0.717) is 11.8 Å². The van der Waals surface area contributed by atoms with Gasteiger partial charge in [0.2, 0.25) is 11.8 Å². The number of carbonyl (C=O) groups excluding carboxylic acids is 1. The molecule has 0 spiro atoms. The Morgan fingerprint density at radius 3 is 2.77 bits per heavy atom. The standard InChI is InChI=1S/C20H24N4O2/c1-14-4-3-5-17(10-14)26-19-11-18(21-13-22-19)23-8-9-24(15(2)12-23)20(25)16-6-7-16/h3-5,10-11,13,15-16H,6-9,12H2,1-2H3/t15-/m0/s1. The van der Waals surface area contributed by atoms with E-state index in [1.165, 1.54) is 6.33 Å². The number of nitrogens with zero attached hydrogens (tertiary/aromatic N) is 4. The highest BCUT2D eigenvalue weighted by Gasteiger charge is 2.37. The van der Waals surface area contributed by atoms with Gasteiger partial charge in [0.1, 0.15) is 17.9 Å². The van der Waals surface area contributed by atoms with Gasteiger partial charge in [-0.2, -0.15) is 0 Å². The molecule has 2 aromatic rings. The van der Waals surface area contributed by atoms with Crippen molar-refractivity contribution in [2.75, 3.05) is 24.5 Å². The van der Waals surface area contributed by atoms with Gasteiger partial charge in [-0.25, -0.2) is 9.97 Å². The van der Waals surface area contributed by atoms with Crippen molar-refractivity contribution >= 4 is 11.7 Å². The summed E-state index contributed by atoms with van der Waals surface area (Å²) in [6, 6.07) is 9.94. The Morgan fingerprint density at radius 1 is 1.19 bits per heavy atom. The number of piperazine rings is 1. The molecular weight excluding hydrogens is 328 g/mol. The zero-order valence-corrected chi connectivity index (χ0v) is 15.3.